The summed E-state index contributed by atoms with van der Waals surface area (Å²) in [5, 5.41) is 3.45. The van der Waals surface area contributed by atoms with Crippen molar-refractivity contribution < 1.29 is 0 Å². The normalized spacial score (nSPS) is 11.3. The first kappa shape index (κ1) is 13.3. The average molecular weight is 286 g/mol. The van der Waals surface area contributed by atoms with Crippen LogP contribution in [0.15, 0.2) is 24.5 Å². The molecule has 0 radical (unpaired) electrons. The van der Waals surface area contributed by atoms with Gasteiger partial charge in [-0.2, -0.15) is 0 Å². The molecular formula is C15H18N4S. The summed E-state index contributed by atoms with van der Waals surface area (Å²) >= 11 is 1.73. The van der Waals surface area contributed by atoms with Gasteiger partial charge in [0.2, 0.25) is 0 Å². The number of hydrogen-bond donors (Lipinski definition) is 1. The van der Waals surface area contributed by atoms with Gasteiger partial charge in [-0.25, -0.2) is 4.98 Å². The van der Waals surface area contributed by atoms with Gasteiger partial charge in [-0.1, -0.05) is 6.07 Å². The summed E-state index contributed by atoms with van der Waals surface area (Å²) < 4.78 is 2.19. The first-order chi connectivity index (χ1) is 9.63. The van der Waals surface area contributed by atoms with Crippen molar-refractivity contribution in [1.82, 2.24) is 19.7 Å². The molecule has 5 heteroatoms. The van der Waals surface area contributed by atoms with E-state index in [2.05, 4.69) is 58.8 Å². The molecule has 0 bridgehead atoms. The number of fused-ring (bicyclic) bond motifs is 1. The molecule has 20 heavy (non-hydrogen) atoms. The van der Waals surface area contributed by atoms with E-state index in [0.717, 1.165) is 29.4 Å². The lowest BCUT2D eigenvalue weighted by atomic mass is 10.2. The van der Waals surface area contributed by atoms with E-state index in [4.69, 9.17) is 0 Å². The molecule has 0 fully saturated rings. The lowest BCUT2D eigenvalue weighted by Crippen LogP contribution is -2.15. The SMILES string of the molecule is Cc1ccc(CNCc2c(C)nc3sc(C)cn23)nc1. The zero-order valence-electron chi connectivity index (χ0n) is 12.0. The fourth-order valence-corrected chi connectivity index (χ4v) is 3.12. The second-order valence-electron chi connectivity index (χ2n) is 5.07. The molecular weight excluding hydrogens is 268 g/mol. The second kappa shape index (κ2) is 5.34. The van der Waals surface area contributed by atoms with E-state index in [-0.39, 0.29) is 0 Å². The summed E-state index contributed by atoms with van der Waals surface area (Å²) in [5.41, 5.74) is 4.59. The van der Waals surface area contributed by atoms with Crippen molar-refractivity contribution in [2.45, 2.75) is 33.9 Å². The van der Waals surface area contributed by atoms with Gasteiger partial charge in [0.05, 0.1) is 17.1 Å². The third kappa shape index (κ3) is 2.59. The Balaban J connectivity index is 1.70. The Labute approximate surface area is 122 Å². The van der Waals surface area contributed by atoms with Crippen LogP contribution in [0.25, 0.3) is 4.96 Å². The molecule has 0 aliphatic rings. The van der Waals surface area contributed by atoms with Crippen LogP contribution < -0.4 is 5.32 Å². The number of aryl methyl sites for hydroxylation is 3. The summed E-state index contributed by atoms with van der Waals surface area (Å²) in [4.78, 5) is 11.4. The molecule has 0 spiro atoms. The Kier molecular flexibility index (Phi) is 3.54. The molecule has 0 saturated carbocycles. The molecule has 0 aromatic carbocycles. The number of hydrogen-bond acceptors (Lipinski definition) is 4. The molecule has 0 unspecified atom stereocenters. The molecule has 0 saturated heterocycles. The van der Waals surface area contributed by atoms with Crippen molar-refractivity contribution in [3.8, 4) is 0 Å². The van der Waals surface area contributed by atoms with Crippen molar-refractivity contribution in [1.29, 1.82) is 0 Å². The maximum Gasteiger partial charge on any atom is 0.194 e. The van der Waals surface area contributed by atoms with Crippen LogP contribution in [-0.2, 0) is 13.1 Å². The minimum absolute atomic E-state index is 0.774. The average Bonchev–Trinajstić information content (AvgIpc) is 2.89. The van der Waals surface area contributed by atoms with Gasteiger partial charge in [-0.05, 0) is 32.4 Å². The molecule has 1 N–H and O–H groups in total. The number of aromatic nitrogens is 3. The van der Waals surface area contributed by atoms with Crippen molar-refractivity contribution in [3.63, 3.8) is 0 Å². The van der Waals surface area contributed by atoms with Gasteiger partial charge in [0, 0.05) is 30.4 Å². The Hall–Kier alpha value is -1.72. The maximum absolute atomic E-state index is 4.60. The van der Waals surface area contributed by atoms with Crippen LogP contribution in [0.2, 0.25) is 0 Å². The van der Waals surface area contributed by atoms with Gasteiger partial charge in [-0.15, -0.1) is 11.3 Å². The van der Waals surface area contributed by atoms with E-state index >= 15 is 0 Å². The van der Waals surface area contributed by atoms with Gasteiger partial charge in [0.25, 0.3) is 0 Å². The first-order valence-electron chi connectivity index (χ1n) is 6.69. The topological polar surface area (TPSA) is 42.2 Å². The number of rotatable bonds is 4. The molecule has 0 aliphatic heterocycles. The van der Waals surface area contributed by atoms with E-state index in [1.54, 1.807) is 11.3 Å². The van der Waals surface area contributed by atoms with Crippen LogP contribution in [0.1, 0.15) is 27.5 Å². The van der Waals surface area contributed by atoms with Crippen LogP contribution in [0.3, 0.4) is 0 Å². The molecule has 104 valence electrons. The van der Waals surface area contributed by atoms with E-state index < -0.39 is 0 Å². The first-order valence-corrected chi connectivity index (χ1v) is 7.51. The van der Waals surface area contributed by atoms with E-state index in [1.807, 2.05) is 6.20 Å². The minimum Gasteiger partial charge on any atom is -0.305 e. The zero-order valence-corrected chi connectivity index (χ0v) is 12.8. The Morgan fingerprint density at radius 1 is 1.20 bits per heavy atom. The van der Waals surface area contributed by atoms with Gasteiger partial charge >= 0.3 is 0 Å². The monoisotopic (exact) mass is 286 g/mol. The minimum atomic E-state index is 0.774. The van der Waals surface area contributed by atoms with Crippen molar-refractivity contribution in [2.75, 3.05) is 0 Å². The highest BCUT2D eigenvalue weighted by Gasteiger charge is 2.10. The predicted molar refractivity (Wildman–Crippen MR) is 82.1 cm³/mol. The smallest absolute Gasteiger partial charge is 0.194 e. The van der Waals surface area contributed by atoms with Gasteiger partial charge in [0.15, 0.2) is 4.96 Å². The molecule has 3 aromatic heterocycles. The molecule has 0 aliphatic carbocycles. The van der Waals surface area contributed by atoms with Crippen molar-refractivity contribution in [2.24, 2.45) is 0 Å². The van der Waals surface area contributed by atoms with Gasteiger partial charge < -0.3 is 5.32 Å². The lowest BCUT2D eigenvalue weighted by Gasteiger charge is -2.05. The zero-order chi connectivity index (χ0) is 14.1. The summed E-state index contributed by atoms with van der Waals surface area (Å²) in [7, 11) is 0. The van der Waals surface area contributed by atoms with E-state index in [1.165, 1.54) is 16.1 Å². The van der Waals surface area contributed by atoms with Crippen LogP contribution in [-0.4, -0.2) is 14.4 Å². The van der Waals surface area contributed by atoms with Crippen molar-refractivity contribution >= 4 is 16.3 Å². The molecule has 0 atom stereocenters. The standard InChI is InChI=1S/C15H18N4S/c1-10-4-5-13(17-6-10)7-16-8-14-12(3)18-15-19(14)9-11(2)20-15/h4-6,9,16H,7-8H2,1-3H3. The Bertz CT molecular complexity index is 724. The fourth-order valence-electron chi connectivity index (χ4n) is 2.23. The summed E-state index contributed by atoms with van der Waals surface area (Å²) in [6.07, 6.45) is 4.06. The molecule has 4 nitrogen and oxygen atoms in total. The highest BCUT2D eigenvalue weighted by molar-refractivity contribution is 7.17. The number of nitrogens with one attached hydrogen (secondary N) is 1. The van der Waals surface area contributed by atoms with Crippen LogP contribution in [0.4, 0.5) is 0 Å². The second-order valence-corrected chi connectivity index (χ2v) is 6.28. The van der Waals surface area contributed by atoms with Crippen LogP contribution >= 0.6 is 11.3 Å². The summed E-state index contributed by atoms with van der Waals surface area (Å²) in [5.74, 6) is 0. The predicted octanol–water partition coefficient (Wildman–Crippen LogP) is 3.01. The van der Waals surface area contributed by atoms with Crippen molar-refractivity contribution in [3.05, 3.63) is 52.0 Å². The third-order valence-electron chi connectivity index (χ3n) is 3.31. The maximum atomic E-state index is 4.60. The number of pyridine rings is 1. The number of imidazole rings is 1. The van der Waals surface area contributed by atoms with Crippen LogP contribution in [0.5, 0.6) is 0 Å². The molecule has 0 amide bonds. The quantitative estimate of drug-likeness (QED) is 0.801. The van der Waals surface area contributed by atoms with Gasteiger partial charge in [-0.3, -0.25) is 9.38 Å². The summed E-state index contributed by atoms with van der Waals surface area (Å²) in [6, 6.07) is 4.16. The highest BCUT2D eigenvalue weighted by atomic mass is 32.1. The van der Waals surface area contributed by atoms with Gasteiger partial charge in [0.1, 0.15) is 0 Å². The summed E-state index contributed by atoms with van der Waals surface area (Å²) in [6.45, 7) is 7.81. The largest absolute Gasteiger partial charge is 0.305 e. The lowest BCUT2D eigenvalue weighted by molar-refractivity contribution is 0.660. The number of nitrogens with zero attached hydrogens (tertiary/aromatic N) is 3. The molecule has 3 heterocycles. The van der Waals surface area contributed by atoms with E-state index in [9.17, 15) is 0 Å². The van der Waals surface area contributed by atoms with Crippen LogP contribution in [0, 0.1) is 20.8 Å². The third-order valence-corrected chi connectivity index (χ3v) is 4.21. The fraction of sp³-hybridized carbons (Fsp3) is 0.333. The highest BCUT2D eigenvalue weighted by Crippen LogP contribution is 2.20. The molecule has 3 rings (SSSR count). The Morgan fingerprint density at radius 3 is 2.80 bits per heavy atom. The number of thiazole rings is 1. The van der Waals surface area contributed by atoms with E-state index in [0.29, 0.717) is 0 Å². The Morgan fingerprint density at radius 2 is 2.05 bits per heavy atom. The molecule has 3 aromatic rings.